The molecule has 3 aromatic carbocycles. The minimum atomic E-state index is -0.552. The molecule has 4 nitrogen and oxygen atoms in total. The van der Waals surface area contributed by atoms with Crippen LogP contribution in [0.4, 0.5) is 9.18 Å². The summed E-state index contributed by atoms with van der Waals surface area (Å²) in [4.78, 5) is 25.3. The smallest absolute Gasteiger partial charge is 0.289 e. The topological polar surface area (TPSA) is 46.6 Å². The lowest BCUT2D eigenvalue weighted by molar-refractivity contribution is -0.113. The summed E-state index contributed by atoms with van der Waals surface area (Å²) >= 11 is 0.742. The Kier molecular flexibility index (Phi) is 4.58. The first-order valence-corrected chi connectivity index (χ1v) is 9.23. The highest BCUT2D eigenvalue weighted by Crippen LogP contribution is 2.36. The summed E-state index contributed by atoms with van der Waals surface area (Å²) in [5.41, 5.74) is 1.28. The van der Waals surface area contributed by atoms with E-state index in [0.29, 0.717) is 11.3 Å². The van der Waals surface area contributed by atoms with Crippen LogP contribution in [0.2, 0.25) is 0 Å². The van der Waals surface area contributed by atoms with Gasteiger partial charge in [-0.25, -0.2) is 4.39 Å². The van der Waals surface area contributed by atoms with Gasteiger partial charge in [-0.05, 0) is 40.6 Å². The van der Waals surface area contributed by atoms with Gasteiger partial charge in [-0.3, -0.25) is 9.59 Å². The van der Waals surface area contributed by atoms with Gasteiger partial charge in [0.2, 0.25) is 5.12 Å². The largest absolute Gasteiger partial charge is 0.489 e. The van der Waals surface area contributed by atoms with Crippen LogP contribution in [0.25, 0.3) is 10.8 Å². The van der Waals surface area contributed by atoms with Gasteiger partial charge < -0.3 is 9.64 Å². The normalized spacial score (nSPS) is 17.0. The summed E-state index contributed by atoms with van der Waals surface area (Å²) in [6, 6.07) is 17.2. The monoisotopic (exact) mass is 381 g/mol. The maximum Gasteiger partial charge on any atom is 0.289 e. The molecule has 0 saturated carbocycles. The lowest BCUT2D eigenvalue weighted by atomic mass is 10.0. The van der Waals surface area contributed by atoms with E-state index in [1.807, 2.05) is 36.4 Å². The minimum Gasteiger partial charge on any atom is -0.489 e. The summed E-state index contributed by atoms with van der Waals surface area (Å²) in [7, 11) is 1.63. The Bertz CT molecular complexity index is 1050. The second-order valence-corrected chi connectivity index (χ2v) is 7.30. The molecule has 0 spiro atoms. The summed E-state index contributed by atoms with van der Waals surface area (Å²) < 4.78 is 19.4. The maximum absolute atomic E-state index is 13.7. The van der Waals surface area contributed by atoms with Crippen molar-refractivity contribution in [2.24, 2.45) is 0 Å². The van der Waals surface area contributed by atoms with E-state index in [0.717, 1.165) is 28.1 Å². The Morgan fingerprint density at radius 1 is 1.04 bits per heavy atom. The zero-order chi connectivity index (χ0) is 19.0. The minimum absolute atomic E-state index is 0.150. The van der Waals surface area contributed by atoms with Crippen LogP contribution in [0.5, 0.6) is 5.75 Å². The Labute approximate surface area is 159 Å². The predicted octanol–water partition coefficient (Wildman–Crippen LogP) is 4.92. The van der Waals surface area contributed by atoms with Crippen LogP contribution in [0.1, 0.15) is 17.2 Å². The third-order valence-corrected chi connectivity index (χ3v) is 5.48. The molecule has 0 bridgehead atoms. The fourth-order valence-corrected chi connectivity index (χ4v) is 3.94. The zero-order valence-electron chi connectivity index (χ0n) is 14.5. The quantitative estimate of drug-likeness (QED) is 0.643. The summed E-state index contributed by atoms with van der Waals surface area (Å²) in [5.74, 6) is 0.346. The molecule has 1 amide bonds. The van der Waals surface area contributed by atoms with Gasteiger partial charge in [0.15, 0.2) is 0 Å². The number of thioether (sulfide) groups is 1. The van der Waals surface area contributed by atoms with Crippen LogP contribution in [0.3, 0.4) is 0 Å². The third kappa shape index (κ3) is 3.40. The van der Waals surface area contributed by atoms with Gasteiger partial charge in [0.05, 0.1) is 0 Å². The van der Waals surface area contributed by atoms with E-state index >= 15 is 0 Å². The second kappa shape index (κ2) is 7.04. The highest BCUT2D eigenvalue weighted by atomic mass is 32.2. The highest BCUT2D eigenvalue weighted by Gasteiger charge is 2.38. The van der Waals surface area contributed by atoms with E-state index in [-0.39, 0.29) is 22.8 Å². The summed E-state index contributed by atoms with van der Waals surface area (Å²) in [6.45, 7) is 0.150. The zero-order valence-corrected chi connectivity index (χ0v) is 15.3. The predicted molar refractivity (Wildman–Crippen MR) is 103 cm³/mol. The molecule has 6 heteroatoms. The molecule has 0 radical (unpaired) electrons. The van der Waals surface area contributed by atoms with Gasteiger partial charge in [-0.15, -0.1) is 0 Å². The van der Waals surface area contributed by atoms with Gasteiger partial charge in [-0.1, -0.05) is 36.4 Å². The van der Waals surface area contributed by atoms with Crippen LogP contribution < -0.4 is 4.74 Å². The number of nitrogens with zero attached hydrogens (tertiary/aromatic N) is 1. The van der Waals surface area contributed by atoms with E-state index in [2.05, 4.69) is 0 Å². The lowest BCUT2D eigenvalue weighted by Crippen LogP contribution is -2.23. The van der Waals surface area contributed by atoms with Gasteiger partial charge in [0.1, 0.15) is 24.2 Å². The van der Waals surface area contributed by atoms with E-state index in [1.165, 1.54) is 11.0 Å². The van der Waals surface area contributed by atoms with Gasteiger partial charge in [-0.2, -0.15) is 0 Å². The molecule has 0 aliphatic carbocycles. The number of hydrogen-bond donors (Lipinski definition) is 0. The fraction of sp³-hybridized carbons (Fsp3) is 0.143. The average Bonchev–Trinajstić information content (AvgIpc) is 2.92. The molecule has 1 fully saturated rings. The number of likely N-dealkylation sites (N-methyl/N-ethyl adjacent to an activating group) is 1. The maximum atomic E-state index is 13.7. The fourth-order valence-electron chi connectivity index (χ4n) is 3.12. The number of carbonyl (C=O) groups excluding carboxylic acids is 2. The molecule has 0 aromatic heterocycles. The summed E-state index contributed by atoms with van der Waals surface area (Å²) in [5, 5.41) is 1.49. The molecule has 1 aliphatic rings. The molecular weight excluding hydrogens is 365 g/mol. The molecule has 136 valence electrons. The molecule has 1 heterocycles. The van der Waals surface area contributed by atoms with E-state index in [1.54, 1.807) is 25.2 Å². The Morgan fingerprint density at radius 2 is 1.78 bits per heavy atom. The van der Waals surface area contributed by atoms with Crippen LogP contribution in [0.15, 0.2) is 60.7 Å². The first-order valence-electron chi connectivity index (χ1n) is 8.41. The number of carbonyl (C=O) groups is 2. The van der Waals surface area contributed by atoms with Crippen molar-refractivity contribution in [3.8, 4) is 5.75 Å². The van der Waals surface area contributed by atoms with Crippen molar-refractivity contribution in [3.05, 3.63) is 77.6 Å². The molecule has 1 unspecified atom stereocenters. The number of benzene rings is 3. The molecular formula is C21H16FNO3S. The van der Waals surface area contributed by atoms with E-state index in [4.69, 9.17) is 4.74 Å². The average molecular weight is 381 g/mol. The SMILES string of the molecule is CN1C(=O)SC(=O)C1c1ccc2cc(OCc3ccccc3F)ccc2c1. The first kappa shape index (κ1) is 17.5. The third-order valence-electron chi connectivity index (χ3n) is 4.59. The Balaban J connectivity index is 1.56. The molecule has 1 saturated heterocycles. The number of rotatable bonds is 4. The van der Waals surface area contributed by atoms with E-state index < -0.39 is 6.04 Å². The van der Waals surface area contributed by atoms with Crippen LogP contribution in [0, 0.1) is 5.82 Å². The van der Waals surface area contributed by atoms with Crippen molar-refractivity contribution in [2.75, 3.05) is 7.05 Å². The molecule has 1 atom stereocenters. The van der Waals surface area contributed by atoms with Crippen LogP contribution in [-0.2, 0) is 11.4 Å². The first-order chi connectivity index (χ1) is 13.0. The van der Waals surface area contributed by atoms with Crippen molar-refractivity contribution >= 4 is 32.9 Å². The summed E-state index contributed by atoms with van der Waals surface area (Å²) in [6.07, 6.45) is 0. The van der Waals surface area contributed by atoms with Gasteiger partial charge >= 0.3 is 0 Å². The molecule has 4 rings (SSSR count). The Morgan fingerprint density at radius 3 is 2.52 bits per heavy atom. The number of fused-ring (bicyclic) bond motifs is 1. The number of ether oxygens (including phenoxy) is 1. The van der Waals surface area contributed by atoms with Gasteiger partial charge in [0.25, 0.3) is 5.24 Å². The van der Waals surface area contributed by atoms with Crippen molar-refractivity contribution < 1.29 is 18.7 Å². The van der Waals surface area contributed by atoms with Crippen molar-refractivity contribution in [2.45, 2.75) is 12.6 Å². The Hall–Kier alpha value is -2.86. The molecule has 0 N–H and O–H groups in total. The number of halogens is 1. The van der Waals surface area contributed by atoms with Crippen molar-refractivity contribution in [1.29, 1.82) is 0 Å². The van der Waals surface area contributed by atoms with Crippen LogP contribution >= 0.6 is 11.8 Å². The number of amides is 1. The van der Waals surface area contributed by atoms with Crippen molar-refractivity contribution in [1.82, 2.24) is 4.90 Å². The molecule has 27 heavy (non-hydrogen) atoms. The number of hydrogen-bond acceptors (Lipinski definition) is 4. The van der Waals surface area contributed by atoms with Gasteiger partial charge in [0, 0.05) is 24.4 Å². The highest BCUT2D eigenvalue weighted by molar-refractivity contribution is 8.26. The van der Waals surface area contributed by atoms with Crippen LogP contribution in [-0.4, -0.2) is 22.3 Å². The van der Waals surface area contributed by atoms with Crippen molar-refractivity contribution in [3.63, 3.8) is 0 Å². The van der Waals surface area contributed by atoms with E-state index in [9.17, 15) is 14.0 Å². The second-order valence-electron chi connectivity index (χ2n) is 6.35. The molecule has 3 aromatic rings. The molecule has 1 aliphatic heterocycles. The lowest BCUT2D eigenvalue weighted by Gasteiger charge is -2.18. The standard InChI is InChI=1S/C21H16FNO3S/c1-23-19(20(24)27-21(23)25)15-7-6-14-11-17(9-8-13(14)10-15)26-12-16-4-2-3-5-18(16)22/h2-11,19H,12H2,1H3.